The molecule has 1 saturated carbocycles. The van der Waals surface area contributed by atoms with Crippen LogP contribution in [0.1, 0.15) is 60.3 Å². The molecule has 2 N–H and O–H groups in total. The first-order chi connectivity index (χ1) is 9.35. The van der Waals surface area contributed by atoms with Crippen molar-refractivity contribution in [3.8, 4) is 0 Å². The maximum Gasteiger partial charge on any atom is 0.407 e. The van der Waals surface area contributed by atoms with Crippen molar-refractivity contribution in [2.45, 2.75) is 71.9 Å². The van der Waals surface area contributed by atoms with E-state index in [1.54, 1.807) is 0 Å². The van der Waals surface area contributed by atoms with Crippen molar-refractivity contribution >= 4 is 6.09 Å². The molecular weight excluding hydrogens is 252 g/mol. The van der Waals surface area contributed by atoms with Crippen LogP contribution in [0.25, 0.3) is 0 Å². The van der Waals surface area contributed by atoms with Gasteiger partial charge in [0.2, 0.25) is 0 Å². The van der Waals surface area contributed by atoms with Crippen molar-refractivity contribution in [3.05, 3.63) is 0 Å². The number of carbonyl (C=O) groups excluding carboxylic acids is 1. The fourth-order valence-corrected chi connectivity index (χ4v) is 2.31. The minimum Gasteiger partial charge on any atom is -0.444 e. The summed E-state index contributed by atoms with van der Waals surface area (Å²) in [4.78, 5) is 11.7. The van der Waals surface area contributed by atoms with Gasteiger partial charge in [-0.2, -0.15) is 0 Å². The van der Waals surface area contributed by atoms with Crippen molar-refractivity contribution in [1.82, 2.24) is 10.6 Å². The molecule has 0 aliphatic heterocycles. The number of alkyl carbamates (subject to hydrolysis) is 1. The minimum atomic E-state index is -0.428. The van der Waals surface area contributed by atoms with E-state index in [-0.39, 0.29) is 6.09 Å². The molecule has 0 aromatic rings. The number of ether oxygens (including phenoxy) is 1. The van der Waals surface area contributed by atoms with Crippen LogP contribution in [0.2, 0.25) is 0 Å². The van der Waals surface area contributed by atoms with Gasteiger partial charge < -0.3 is 15.4 Å². The van der Waals surface area contributed by atoms with E-state index in [1.807, 2.05) is 20.8 Å². The largest absolute Gasteiger partial charge is 0.444 e. The van der Waals surface area contributed by atoms with Gasteiger partial charge in [0.1, 0.15) is 5.60 Å². The van der Waals surface area contributed by atoms with Crippen LogP contribution in [0.15, 0.2) is 0 Å². The van der Waals surface area contributed by atoms with Gasteiger partial charge in [-0.3, -0.25) is 0 Å². The molecule has 1 atom stereocenters. The number of amides is 1. The maximum atomic E-state index is 11.7. The van der Waals surface area contributed by atoms with E-state index in [9.17, 15) is 4.79 Å². The molecular formula is C16H32N2O2. The van der Waals surface area contributed by atoms with Gasteiger partial charge in [0.05, 0.1) is 0 Å². The zero-order valence-electron chi connectivity index (χ0n) is 13.8. The second-order valence-electron chi connectivity index (χ2n) is 6.92. The number of hydrogen-bond donors (Lipinski definition) is 2. The Hall–Kier alpha value is -0.770. The first-order valence-corrected chi connectivity index (χ1v) is 8.06. The summed E-state index contributed by atoms with van der Waals surface area (Å²) in [6.45, 7) is 11.8. The number of rotatable bonds is 8. The van der Waals surface area contributed by atoms with Crippen LogP contribution in [0.3, 0.4) is 0 Å². The van der Waals surface area contributed by atoms with Crippen molar-refractivity contribution in [3.63, 3.8) is 0 Å². The molecule has 1 amide bonds. The maximum absolute atomic E-state index is 11.7. The van der Waals surface area contributed by atoms with Gasteiger partial charge in [0.15, 0.2) is 0 Å². The van der Waals surface area contributed by atoms with E-state index in [1.165, 1.54) is 25.7 Å². The minimum absolute atomic E-state index is 0.313. The first kappa shape index (κ1) is 17.3. The average Bonchev–Trinajstić information content (AvgIpc) is 3.16. The zero-order chi connectivity index (χ0) is 15.2. The number of hydrogen-bond acceptors (Lipinski definition) is 3. The first-order valence-electron chi connectivity index (χ1n) is 8.06. The monoisotopic (exact) mass is 284 g/mol. The van der Waals surface area contributed by atoms with Gasteiger partial charge in [-0.25, -0.2) is 4.79 Å². The fraction of sp³-hybridized carbons (Fsp3) is 0.938. The van der Waals surface area contributed by atoms with Gasteiger partial charge >= 0.3 is 6.09 Å². The van der Waals surface area contributed by atoms with Crippen molar-refractivity contribution < 1.29 is 9.53 Å². The SMILES string of the molecule is CCC(CC)CNC(CNC(=O)OC(C)(C)C)C1CC1. The van der Waals surface area contributed by atoms with Gasteiger partial charge in [-0.1, -0.05) is 26.7 Å². The Balaban J connectivity index is 2.31. The average molecular weight is 284 g/mol. The van der Waals surface area contributed by atoms with E-state index < -0.39 is 5.60 Å². The van der Waals surface area contributed by atoms with Crippen LogP contribution >= 0.6 is 0 Å². The Bertz CT molecular complexity index is 291. The van der Waals surface area contributed by atoms with Gasteiger partial charge in [-0.05, 0) is 52.0 Å². The summed E-state index contributed by atoms with van der Waals surface area (Å²) in [7, 11) is 0. The zero-order valence-corrected chi connectivity index (χ0v) is 13.8. The lowest BCUT2D eigenvalue weighted by molar-refractivity contribution is 0.0520. The van der Waals surface area contributed by atoms with Crippen LogP contribution in [0, 0.1) is 11.8 Å². The van der Waals surface area contributed by atoms with Gasteiger partial charge in [0.25, 0.3) is 0 Å². The van der Waals surface area contributed by atoms with Gasteiger partial charge in [-0.15, -0.1) is 0 Å². The molecule has 1 aliphatic rings. The Morgan fingerprint density at radius 3 is 2.25 bits per heavy atom. The molecule has 4 heteroatoms. The van der Waals surface area contributed by atoms with Crippen LogP contribution in [0.5, 0.6) is 0 Å². The van der Waals surface area contributed by atoms with E-state index >= 15 is 0 Å². The molecule has 1 rings (SSSR count). The predicted molar refractivity (Wildman–Crippen MR) is 82.8 cm³/mol. The quantitative estimate of drug-likeness (QED) is 0.719. The highest BCUT2D eigenvalue weighted by atomic mass is 16.6. The van der Waals surface area contributed by atoms with E-state index in [0.29, 0.717) is 12.6 Å². The van der Waals surface area contributed by atoms with E-state index in [2.05, 4.69) is 24.5 Å². The smallest absolute Gasteiger partial charge is 0.407 e. The number of nitrogens with one attached hydrogen (secondary N) is 2. The Morgan fingerprint density at radius 2 is 1.80 bits per heavy atom. The highest BCUT2D eigenvalue weighted by molar-refractivity contribution is 5.67. The van der Waals surface area contributed by atoms with E-state index in [0.717, 1.165) is 18.4 Å². The Kier molecular flexibility index (Phi) is 6.80. The second-order valence-corrected chi connectivity index (χ2v) is 6.92. The molecule has 20 heavy (non-hydrogen) atoms. The summed E-state index contributed by atoms with van der Waals surface area (Å²) in [6.07, 6.45) is 4.65. The Labute approximate surface area is 124 Å². The summed E-state index contributed by atoms with van der Waals surface area (Å²) in [6, 6.07) is 0.392. The Morgan fingerprint density at radius 1 is 1.20 bits per heavy atom. The topological polar surface area (TPSA) is 50.4 Å². The van der Waals surface area contributed by atoms with Gasteiger partial charge in [0, 0.05) is 12.6 Å². The highest BCUT2D eigenvalue weighted by Gasteiger charge is 2.31. The predicted octanol–water partition coefficient (Wildman–Crippen LogP) is 3.32. The van der Waals surface area contributed by atoms with Crippen LogP contribution in [-0.2, 0) is 4.74 Å². The third-order valence-corrected chi connectivity index (χ3v) is 3.88. The molecule has 118 valence electrons. The molecule has 0 heterocycles. The summed E-state index contributed by atoms with van der Waals surface area (Å²) in [5.74, 6) is 1.46. The lowest BCUT2D eigenvalue weighted by Crippen LogP contribution is -2.45. The molecule has 1 unspecified atom stereocenters. The summed E-state index contributed by atoms with van der Waals surface area (Å²) >= 11 is 0. The fourth-order valence-electron chi connectivity index (χ4n) is 2.31. The lowest BCUT2D eigenvalue weighted by Gasteiger charge is -2.24. The molecule has 0 spiro atoms. The van der Waals surface area contributed by atoms with Crippen molar-refractivity contribution in [1.29, 1.82) is 0 Å². The highest BCUT2D eigenvalue weighted by Crippen LogP contribution is 2.32. The molecule has 0 aromatic carbocycles. The molecule has 0 aromatic heterocycles. The molecule has 1 fully saturated rings. The van der Waals surface area contributed by atoms with Crippen molar-refractivity contribution in [2.75, 3.05) is 13.1 Å². The normalized spacial score (nSPS) is 17.1. The summed E-state index contributed by atoms with van der Waals surface area (Å²) in [5.41, 5.74) is -0.428. The molecule has 0 saturated heterocycles. The van der Waals surface area contributed by atoms with Crippen LogP contribution in [0.4, 0.5) is 4.79 Å². The van der Waals surface area contributed by atoms with Crippen LogP contribution < -0.4 is 10.6 Å². The van der Waals surface area contributed by atoms with Crippen molar-refractivity contribution in [2.24, 2.45) is 11.8 Å². The third kappa shape index (κ3) is 7.13. The second kappa shape index (κ2) is 7.87. The molecule has 0 radical (unpaired) electrons. The third-order valence-electron chi connectivity index (χ3n) is 3.88. The molecule has 4 nitrogen and oxygen atoms in total. The van der Waals surface area contributed by atoms with E-state index in [4.69, 9.17) is 4.74 Å². The lowest BCUT2D eigenvalue weighted by atomic mass is 10.0. The standard InChI is InChI=1S/C16H32N2O2/c1-6-12(7-2)10-17-14(13-8-9-13)11-18-15(19)20-16(3,4)5/h12-14,17H,6-11H2,1-5H3,(H,18,19). The van der Waals surface area contributed by atoms with Crippen LogP contribution in [-0.4, -0.2) is 30.8 Å². The summed E-state index contributed by atoms with van der Waals surface area (Å²) in [5, 5.41) is 6.53. The molecule has 0 bridgehead atoms. The summed E-state index contributed by atoms with van der Waals surface area (Å²) < 4.78 is 5.28. The molecule has 1 aliphatic carbocycles. The number of carbonyl (C=O) groups is 1.